The molecule has 3 rings (SSSR count). The Kier molecular flexibility index (Phi) is 5.54. The molecule has 0 aliphatic carbocycles. The minimum Gasteiger partial charge on any atom is -0.465 e. The Hall–Kier alpha value is -3.16. The third-order valence-electron chi connectivity index (χ3n) is 4.33. The van der Waals surface area contributed by atoms with Crippen LogP contribution in [0.3, 0.4) is 0 Å². The summed E-state index contributed by atoms with van der Waals surface area (Å²) < 4.78 is 33.8. The minimum absolute atomic E-state index is 0.0545. The summed E-state index contributed by atoms with van der Waals surface area (Å²) in [6, 6.07) is 9.47. The van der Waals surface area contributed by atoms with Crippen LogP contribution in [0.5, 0.6) is 11.5 Å². The lowest BCUT2D eigenvalue weighted by molar-refractivity contribution is -0.125. The van der Waals surface area contributed by atoms with Crippen molar-refractivity contribution < 1.29 is 28.2 Å². The van der Waals surface area contributed by atoms with E-state index in [4.69, 9.17) is 9.84 Å². The van der Waals surface area contributed by atoms with Crippen molar-refractivity contribution in [2.75, 3.05) is 6.54 Å². The van der Waals surface area contributed by atoms with Crippen LogP contribution in [0.25, 0.3) is 0 Å². The van der Waals surface area contributed by atoms with Crippen LogP contribution in [0.15, 0.2) is 42.5 Å². The molecule has 0 spiro atoms. The first-order chi connectivity index (χ1) is 13.0. The van der Waals surface area contributed by atoms with Crippen LogP contribution >= 0.6 is 0 Å². The third-order valence-corrected chi connectivity index (χ3v) is 4.33. The first kappa shape index (κ1) is 18.6. The van der Waals surface area contributed by atoms with Crippen molar-refractivity contribution in [3.05, 3.63) is 59.7 Å². The second kappa shape index (κ2) is 8.03. The highest BCUT2D eigenvalue weighted by atomic mass is 19.1. The van der Waals surface area contributed by atoms with Gasteiger partial charge in [-0.2, -0.15) is 0 Å². The normalized spacial score (nSPS) is 16.2. The second-order valence-electron chi connectivity index (χ2n) is 6.14. The van der Waals surface area contributed by atoms with Crippen LogP contribution in [0, 0.1) is 11.6 Å². The Bertz CT molecular complexity index is 845. The topological polar surface area (TPSA) is 78.9 Å². The average molecular weight is 376 g/mol. The van der Waals surface area contributed by atoms with Crippen molar-refractivity contribution in [2.24, 2.45) is 0 Å². The van der Waals surface area contributed by atoms with Crippen molar-refractivity contribution in [2.45, 2.75) is 25.4 Å². The zero-order valence-corrected chi connectivity index (χ0v) is 14.3. The van der Waals surface area contributed by atoms with Gasteiger partial charge >= 0.3 is 6.09 Å². The molecule has 1 fully saturated rings. The Balaban J connectivity index is 1.66. The van der Waals surface area contributed by atoms with Gasteiger partial charge < -0.3 is 15.2 Å². The van der Waals surface area contributed by atoms with E-state index in [1.807, 2.05) is 0 Å². The van der Waals surface area contributed by atoms with E-state index in [1.54, 1.807) is 30.3 Å². The lowest BCUT2D eigenvalue weighted by Gasteiger charge is -2.20. The Morgan fingerprint density at radius 1 is 1.19 bits per heavy atom. The quantitative estimate of drug-likeness (QED) is 0.837. The molecule has 6 nitrogen and oxygen atoms in total. The molecule has 2 aromatic rings. The number of halogens is 2. The fourth-order valence-corrected chi connectivity index (χ4v) is 2.97. The molecule has 1 heterocycles. The summed E-state index contributed by atoms with van der Waals surface area (Å²) in [6.45, 7) is 0.0269. The van der Waals surface area contributed by atoms with Crippen molar-refractivity contribution in [1.29, 1.82) is 0 Å². The molecule has 2 N–H and O–H groups in total. The van der Waals surface area contributed by atoms with Gasteiger partial charge in [0.2, 0.25) is 5.91 Å². The number of nitrogens with one attached hydrogen (secondary N) is 1. The summed E-state index contributed by atoms with van der Waals surface area (Å²) >= 11 is 0. The first-order valence-corrected chi connectivity index (χ1v) is 8.44. The van der Waals surface area contributed by atoms with Crippen LogP contribution in [0.2, 0.25) is 0 Å². The number of rotatable bonds is 5. The van der Waals surface area contributed by atoms with Crippen LogP contribution in [-0.2, 0) is 11.3 Å². The number of amides is 2. The fourth-order valence-electron chi connectivity index (χ4n) is 2.97. The number of carbonyl (C=O) groups excluding carboxylic acids is 1. The summed E-state index contributed by atoms with van der Waals surface area (Å²) in [5.41, 5.74) is -0.0545. The molecule has 1 atom stereocenters. The fraction of sp³-hybridized carbons (Fsp3) is 0.263. The Morgan fingerprint density at radius 3 is 2.63 bits per heavy atom. The van der Waals surface area contributed by atoms with E-state index >= 15 is 0 Å². The summed E-state index contributed by atoms with van der Waals surface area (Å²) in [5.74, 6) is -1.92. The zero-order chi connectivity index (χ0) is 19.4. The molecule has 2 aromatic carbocycles. The summed E-state index contributed by atoms with van der Waals surface area (Å²) in [6.07, 6.45) is -0.190. The highest BCUT2D eigenvalue weighted by molar-refractivity contribution is 5.85. The van der Waals surface area contributed by atoms with Gasteiger partial charge in [-0.05, 0) is 31.0 Å². The van der Waals surface area contributed by atoms with E-state index in [-0.39, 0.29) is 24.4 Å². The molecular weight excluding hydrogens is 358 g/mol. The van der Waals surface area contributed by atoms with Gasteiger partial charge in [0, 0.05) is 24.7 Å². The number of benzene rings is 2. The van der Waals surface area contributed by atoms with E-state index < -0.39 is 29.7 Å². The molecule has 0 unspecified atom stereocenters. The first-order valence-electron chi connectivity index (χ1n) is 8.44. The highest BCUT2D eigenvalue weighted by Gasteiger charge is 2.33. The van der Waals surface area contributed by atoms with Crippen molar-refractivity contribution in [3.63, 3.8) is 0 Å². The lowest BCUT2D eigenvalue weighted by atomic mass is 10.1. The van der Waals surface area contributed by atoms with Crippen LogP contribution < -0.4 is 10.1 Å². The smallest absolute Gasteiger partial charge is 0.407 e. The van der Waals surface area contributed by atoms with Gasteiger partial charge in [-0.1, -0.05) is 18.2 Å². The van der Waals surface area contributed by atoms with Crippen LogP contribution in [-0.4, -0.2) is 34.6 Å². The molecule has 0 saturated carbocycles. The number of carbonyl (C=O) groups is 2. The molecule has 0 bridgehead atoms. The number of ether oxygens (including phenoxy) is 1. The SMILES string of the molecule is O=C(NCc1cc(F)c(Oc2ccccc2)cc1F)[C@@H]1CCCN1C(=O)O. The monoisotopic (exact) mass is 376 g/mol. The molecular formula is C19H18F2N2O4. The van der Waals surface area contributed by atoms with E-state index in [2.05, 4.69) is 5.32 Å². The van der Waals surface area contributed by atoms with Gasteiger partial charge in [-0.3, -0.25) is 9.69 Å². The largest absolute Gasteiger partial charge is 0.465 e. The Labute approximate surface area is 154 Å². The third kappa shape index (κ3) is 4.33. The van der Waals surface area contributed by atoms with E-state index in [9.17, 15) is 18.4 Å². The molecule has 2 amide bonds. The highest BCUT2D eigenvalue weighted by Crippen LogP contribution is 2.27. The van der Waals surface area contributed by atoms with Crippen LogP contribution in [0.4, 0.5) is 13.6 Å². The lowest BCUT2D eigenvalue weighted by Crippen LogP contribution is -2.45. The summed E-state index contributed by atoms with van der Waals surface area (Å²) in [4.78, 5) is 24.3. The zero-order valence-electron chi connectivity index (χ0n) is 14.3. The predicted octanol–water partition coefficient (Wildman–Crippen LogP) is 3.52. The maximum Gasteiger partial charge on any atom is 0.407 e. The number of hydrogen-bond acceptors (Lipinski definition) is 3. The number of nitrogens with zero attached hydrogens (tertiary/aromatic N) is 1. The molecule has 142 valence electrons. The molecule has 1 saturated heterocycles. The van der Waals surface area contributed by atoms with E-state index in [1.165, 1.54) is 0 Å². The Morgan fingerprint density at radius 2 is 1.93 bits per heavy atom. The number of likely N-dealkylation sites (tertiary alicyclic amines) is 1. The van der Waals surface area contributed by atoms with Gasteiger partial charge in [-0.15, -0.1) is 0 Å². The summed E-state index contributed by atoms with van der Waals surface area (Å²) in [5, 5.41) is 11.5. The van der Waals surface area contributed by atoms with Gasteiger partial charge in [-0.25, -0.2) is 13.6 Å². The summed E-state index contributed by atoms with van der Waals surface area (Å²) in [7, 11) is 0. The maximum absolute atomic E-state index is 14.3. The van der Waals surface area contributed by atoms with Gasteiger partial charge in [0.25, 0.3) is 0 Å². The van der Waals surface area contributed by atoms with Crippen molar-refractivity contribution >= 4 is 12.0 Å². The number of carboxylic acid groups (broad SMARTS) is 1. The van der Waals surface area contributed by atoms with Crippen molar-refractivity contribution in [1.82, 2.24) is 10.2 Å². The standard InChI is InChI=1S/C19H18F2N2O4/c20-14-10-17(27-13-5-2-1-3-6-13)15(21)9-12(14)11-22-18(24)16-7-4-8-23(16)19(25)26/h1-3,5-6,9-10,16H,4,7-8,11H2,(H,22,24)(H,25,26)/t16-/m0/s1. The van der Waals surface area contributed by atoms with Gasteiger partial charge in [0.05, 0.1) is 0 Å². The number of hydrogen-bond donors (Lipinski definition) is 2. The predicted molar refractivity (Wildman–Crippen MR) is 92.5 cm³/mol. The van der Waals surface area contributed by atoms with E-state index in [0.29, 0.717) is 18.6 Å². The molecule has 27 heavy (non-hydrogen) atoms. The molecule has 8 heteroatoms. The van der Waals surface area contributed by atoms with Crippen molar-refractivity contribution in [3.8, 4) is 11.5 Å². The average Bonchev–Trinajstić information content (AvgIpc) is 3.14. The molecule has 1 aliphatic rings. The number of para-hydroxylation sites is 1. The molecule has 1 aliphatic heterocycles. The van der Waals surface area contributed by atoms with Gasteiger partial charge in [0.15, 0.2) is 11.6 Å². The van der Waals surface area contributed by atoms with Crippen LogP contribution in [0.1, 0.15) is 18.4 Å². The minimum atomic E-state index is -1.17. The van der Waals surface area contributed by atoms with E-state index in [0.717, 1.165) is 17.0 Å². The molecule has 0 radical (unpaired) electrons. The van der Waals surface area contributed by atoms with Gasteiger partial charge in [0.1, 0.15) is 17.6 Å². The maximum atomic E-state index is 14.3. The second-order valence-corrected chi connectivity index (χ2v) is 6.14. The molecule has 0 aromatic heterocycles.